The molecule has 0 fully saturated rings. The highest BCUT2D eigenvalue weighted by atomic mass is 16.3. The molecule has 2 heterocycles. The van der Waals surface area contributed by atoms with Crippen LogP contribution in [0, 0.1) is 6.92 Å². The van der Waals surface area contributed by atoms with Crippen LogP contribution >= 0.6 is 0 Å². The Morgan fingerprint density at radius 2 is 1.90 bits per heavy atom. The Morgan fingerprint density at radius 3 is 2.60 bits per heavy atom. The first-order valence-electron chi connectivity index (χ1n) is 6.94. The van der Waals surface area contributed by atoms with E-state index in [9.17, 15) is 5.11 Å². The Labute approximate surface area is 118 Å². The first-order valence-corrected chi connectivity index (χ1v) is 6.94. The molecule has 1 aromatic carbocycles. The molecule has 20 heavy (non-hydrogen) atoms. The third-order valence-corrected chi connectivity index (χ3v) is 3.70. The van der Waals surface area contributed by atoms with Crippen LogP contribution in [0.4, 0.5) is 0 Å². The van der Waals surface area contributed by atoms with E-state index in [1.165, 1.54) is 22.3 Å². The molecule has 0 radical (unpaired) electrons. The molecule has 1 N–H and O–H groups in total. The molecule has 0 saturated heterocycles. The fraction of sp³-hybridized carbons (Fsp3) is 0.235. The Kier molecular flexibility index (Phi) is 3.18. The van der Waals surface area contributed by atoms with Crippen molar-refractivity contribution in [2.45, 2.75) is 26.8 Å². The monoisotopic (exact) mass is 266 g/mol. The minimum Gasteiger partial charge on any atom is -0.508 e. The predicted molar refractivity (Wildman–Crippen MR) is 81.9 cm³/mol. The SMILES string of the molecule is CCCn1c(-c2ccncc2)c(C)c2cc(O)ccc21. The molecule has 0 unspecified atom stereocenters. The van der Waals surface area contributed by atoms with Gasteiger partial charge in [-0.15, -0.1) is 0 Å². The van der Waals surface area contributed by atoms with Crippen molar-refractivity contribution in [3.63, 3.8) is 0 Å². The van der Waals surface area contributed by atoms with Gasteiger partial charge < -0.3 is 9.67 Å². The number of aromatic nitrogens is 2. The number of aryl methyl sites for hydroxylation is 2. The summed E-state index contributed by atoms with van der Waals surface area (Å²) in [4.78, 5) is 4.09. The van der Waals surface area contributed by atoms with Crippen molar-refractivity contribution in [3.05, 3.63) is 48.3 Å². The first-order chi connectivity index (χ1) is 9.72. The molecule has 0 aliphatic carbocycles. The van der Waals surface area contributed by atoms with Crippen LogP contribution in [0.5, 0.6) is 5.75 Å². The lowest BCUT2D eigenvalue weighted by Crippen LogP contribution is -1.99. The summed E-state index contributed by atoms with van der Waals surface area (Å²) in [6, 6.07) is 9.67. The molecule has 0 aliphatic rings. The summed E-state index contributed by atoms with van der Waals surface area (Å²) in [5.74, 6) is 0.315. The summed E-state index contributed by atoms with van der Waals surface area (Å²) in [6.45, 7) is 5.26. The van der Waals surface area contributed by atoms with Gasteiger partial charge in [0.05, 0.1) is 5.69 Å². The van der Waals surface area contributed by atoms with E-state index >= 15 is 0 Å². The number of fused-ring (bicyclic) bond motifs is 1. The minimum absolute atomic E-state index is 0.315. The van der Waals surface area contributed by atoms with Gasteiger partial charge in [0.25, 0.3) is 0 Å². The van der Waals surface area contributed by atoms with Gasteiger partial charge >= 0.3 is 0 Å². The van der Waals surface area contributed by atoms with Crippen LogP contribution in [0.3, 0.4) is 0 Å². The average Bonchev–Trinajstić information content (AvgIpc) is 2.73. The van der Waals surface area contributed by atoms with Gasteiger partial charge in [0.15, 0.2) is 0 Å². The van der Waals surface area contributed by atoms with Crippen molar-refractivity contribution < 1.29 is 5.11 Å². The molecule has 3 aromatic rings. The number of hydrogen-bond acceptors (Lipinski definition) is 2. The molecule has 102 valence electrons. The van der Waals surface area contributed by atoms with Crippen molar-refractivity contribution in [1.82, 2.24) is 9.55 Å². The van der Waals surface area contributed by atoms with Crippen molar-refractivity contribution in [2.75, 3.05) is 0 Å². The summed E-state index contributed by atoms with van der Waals surface area (Å²) >= 11 is 0. The fourth-order valence-electron chi connectivity index (χ4n) is 2.85. The van der Waals surface area contributed by atoms with E-state index in [0.717, 1.165) is 18.4 Å². The largest absolute Gasteiger partial charge is 0.508 e. The predicted octanol–water partition coefficient (Wildman–Crippen LogP) is 4.13. The van der Waals surface area contributed by atoms with Crippen molar-refractivity contribution in [2.24, 2.45) is 0 Å². The van der Waals surface area contributed by atoms with Gasteiger partial charge in [0.1, 0.15) is 5.75 Å². The van der Waals surface area contributed by atoms with E-state index < -0.39 is 0 Å². The molecule has 3 rings (SSSR count). The van der Waals surface area contributed by atoms with Crippen LogP contribution in [-0.2, 0) is 6.54 Å². The number of phenolic OH excluding ortho intramolecular Hbond substituents is 1. The summed E-state index contributed by atoms with van der Waals surface area (Å²) < 4.78 is 2.33. The van der Waals surface area contributed by atoms with E-state index in [1.807, 2.05) is 36.7 Å². The highest BCUT2D eigenvalue weighted by Gasteiger charge is 2.15. The molecule has 0 saturated carbocycles. The second-order valence-corrected chi connectivity index (χ2v) is 5.06. The Bertz CT molecular complexity index is 745. The van der Waals surface area contributed by atoms with E-state index in [1.54, 1.807) is 6.07 Å². The number of hydrogen-bond donors (Lipinski definition) is 1. The molecule has 0 atom stereocenters. The lowest BCUT2D eigenvalue weighted by atomic mass is 10.1. The number of benzene rings is 1. The minimum atomic E-state index is 0.315. The number of rotatable bonds is 3. The molecule has 3 heteroatoms. The van der Waals surface area contributed by atoms with Gasteiger partial charge in [-0.1, -0.05) is 6.92 Å². The van der Waals surface area contributed by atoms with E-state index in [2.05, 4.69) is 23.4 Å². The third-order valence-electron chi connectivity index (χ3n) is 3.70. The van der Waals surface area contributed by atoms with Crippen LogP contribution in [0.15, 0.2) is 42.7 Å². The maximum atomic E-state index is 9.74. The van der Waals surface area contributed by atoms with Gasteiger partial charge in [-0.3, -0.25) is 4.98 Å². The molecule has 0 aliphatic heterocycles. The van der Waals surface area contributed by atoms with E-state index in [0.29, 0.717) is 5.75 Å². The molecule has 2 aromatic heterocycles. The number of pyridine rings is 1. The van der Waals surface area contributed by atoms with Crippen LogP contribution in [0.1, 0.15) is 18.9 Å². The lowest BCUT2D eigenvalue weighted by Gasteiger charge is -2.10. The first kappa shape index (κ1) is 12.7. The lowest BCUT2D eigenvalue weighted by molar-refractivity contribution is 0.476. The second-order valence-electron chi connectivity index (χ2n) is 5.06. The topological polar surface area (TPSA) is 38.0 Å². The highest BCUT2D eigenvalue weighted by molar-refractivity contribution is 5.92. The quantitative estimate of drug-likeness (QED) is 0.774. The molecule has 0 spiro atoms. The molecule has 3 nitrogen and oxygen atoms in total. The maximum Gasteiger partial charge on any atom is 0.116 e. The fourth-order valence-corrected chi connectivity index (χ4v) is 2.85. The highest BCUT2D eigenvalue weighted by Crippen LogP contribution is 2.34. The van der Waals surface area contributed by atoms with Crippen molar-refractivity contribution in [1.29, 1.82) is 0 Å². The van der Waals surface area contributed by atoms with Crippen molar-refractivity contribution in [3.8, 4) is 17.0 Å². The normalized spacial score (nSPS) is 11.1. The average molecular weight is 266 g/mol. The standard InChI is InChI=1S/C17H18N2O/c1-3-10-19-16-5-4-14(20)11-15(16)12(2)17(19)13-6-8-18-9-7-13/h4-9,11,20H,3,10H2,1-2H3. The Hall–Kier alpha value is -2.29. The summed E-state index contributed by atoms with van der Waals surface area (Å²) in [6.07, 6.45) is 4.71. The number of nitrogens with zero attached hydrogens (tertiary/aromatic N) is 2. The molecule has 0 amide bonds. The summed E-state index contributed by atoms with van der Waals surface area (Å²) in [5.41, 5.74) is 4.76. The van der Waals surface area contributed by atoms with Gasteiger partial charge in [0.2, 0.25) is 0 Å². The van der Waals surface area contributed by atoms with Gasteiger partial charge in [-0.05, 0) is 49.2 Å². The van der Waals surface area contributed by atoms with E-state index in [4.69, 9.17) is 0 Å². The Balaban J connectivity index is 2.35. The number of aromatic hydroxyl groups is 1. The van der Waals surface area contributed by atoms with Crippen LogP contribution in [0.25, 0.3) is 22.2 Å². The van der Waals surface area contributed by atoms with Gasteiger partial charge in [-0.2, -0.15) is 0 Å². The van der Waals surface area contributed by atoms with Crippen molar-refractivity contribution >= 4 is 10.9 Å². The van der Waals surface area contributed by atoms with Gasteiger partial charge in [0, 0.05) is 35.4 Å². The molecule has 0 bridgehead atoms. The Morgan fingerprint density at radius 1 is 1.15 bits per heavy atom. The second kappa shape index (κ2) is 5.00. The molecular formula is C17H18N2O. The smallest absolute Gasteiger partial charge is 0.116 e. The number of phenols is 1. The summed E-state index contributed by atoms with van der Waals surface area (Å²) in [5, 5.41) is 10.9. The van der Waals surface area contributed by atoms with E-state index in [-0.39, 0.29) is 0 Å². The third kappa shape index (κ3) is 1.95. The maximum absolute atomic E-state index is 9.74. The summed E-state index contributed by atoms with van der Waals surface area (Å²) in [7, 11) is 0. The van der Waals surface area contributed by atoms with Gasteiger partial charge in [-0.25, -0.2) is 0 Å². The zero-order valence-electron chi connectivity index (χ0n) is 11.8. The van der Waals surface area contributed by atoms with Crippen LogP contribution < -0.4 is 0 Å². The zero-order valence-corrected chi connectivity index (χ0v) is 11.8. The van der Waals surface area contributed by atoms with Crippen LogP contribution in [-0.4, -0.2) is 14.7 Å². The molecular weight excluding hydrogens is 248 g/mol. The van der Waals surface area contributed by atoms with Crippen LogP contribution in [0.2, 0.25) is 0 Å². The zero-order chi connectivity index (χ0) is 14.1.